The fourth-order valence-electron chi connectivity index (χ4n) is 3.52. The Labute approximate surface area is 238 Å². The molecule has 2 rings (SSSR count). The number of carbonyl (C=O) groups excluding carboxylic acids is 3. The third kappa shape index (κ3) is 12.9. The summed E-state index contributed by atoms with van der Waals surface area (Å²) in [6.07, 6.45) is 6.64. The zero-order valence-corrected chi connectivity index (χ0v) is 25.5. The van der Waals surface area contributed by atoms with Gasteiger partial charge in [0.15, 0.2) is 0 Å². The van der Waals surface area contributed by atoms with Crippen molar-refractivity contribution in [3.63, 3.8) is 0 Å². The molecule has 0 radical (unpaired) electrons. The van der Waals surface area contributed by atoms with Crippen molar-refractivity contribution in [1.29, 1.82) is 0 Å². The maximum absolute atomic E-state index is 12.5. The molecule has 2 aromatic rings. The van der Waals surface area contributed by atoms with Crippen molar-refractivity contribution in [2.45, 2.75) is 59.3 Å². The number of ether oxygens (including phenoxy) is 2. The van der Waals surface area contributed by atoms with Gasteiger partial charge in [0.05, 0.1) is 12.2 Å². The van der Waals surface area contributed by atoms with Crippen LogP contribution >= 0.6 is 0 Å². The number of likely N-dealkylation sites (N-methyl/N-ethyl adjacent to an activating group) is 1. The van der Waals surface area contributed by atoms with Crippen LogP contribution in [-0.2, 0) is 26.7 Å². The molecule has 0 aliphatic rings. The van der Waals surface area contributed by atoms with E-state index in [1.807, 2.05) is 18.2 Å². The second-order valence-corrected chi connectivity index (χ2v) is 12.4. The van der Waals surface area contributed by atoms with Crippen molar-refractivity contribution < 1.29 is 40.8 Å². The zero-order chi connectivity index (χ0) is 30.0. The van der Waals surface area contributed by atoms with E-state index in [2.05, 4.69) is 16.1 Å². The maximum atomic E-state index is 12.5. The fraction of sp³-hybridized carbons (Fsp3) is 0.464. The van der Waals surface area contributed by atoms with Crippen molar-refractivity contribution in [3.05, 3.63) is 54.1 Å². The predicted octanol–water partition coefficient (Wildman–Crippen LogP) is 3.91. The Morgan fingerprint density at radius 3 is 2.23 bits per heavy atom. The smallest absolute Gasteiger partial charge is 0.338 e. The van der Waals surface area contributed by atoms with E-state index in [1.165, 1.54) is 51.4 Å². The molecule has 40 heavy (non-hydrogen) atoms. The summed E-state index contributed by atoms with van der Waals surface area (Å²) in [7, 11) is 1.42. The summed E-state index contributed by atoms with van der Waals surface area (Å²) in [5.41, 5.74) is 0.982. The van der Waals surface area contributed by atoms with Gasteiger partial charge in [-0.2, -0.15) is 0 Å². The summed E-state index contributed by atoms with van der Waals surface area (Å²) in [4.78, 5) is 35.9. The number of unbranched alkanes of at least 4 members (excludes halogenated alkanes) is 5. The van der Waals surface area contributed by atoms with Gasteiger partial charge in [-0.3, -0.25) is 0 Å². The molecule has 11 nitrogen and oxygen atoms in total. The first kappa shape index (κ1) is 35.1. The van der Waals surface area contributed by atoms with Gasteiger partial charge in [-0.1, -0.05) is 31.5 Å². The van der Waals surface area contributed by atoms with Gasteiger partial charge in [0.25, 0.3) is 0 Å². The van der Waals surface area contributed by atoms with Crippen LogP contribution in [-0.4, -0.2) is 68.2 Å². The van der Waals surface area contributed by atoms with E-state index in [0.717, 1.165) is 24.2 Å². The minimum atomic E-state index is -5.25. The summed E-state index contributed by atoms with van der Waals surface area (Å²) in [6, 6.07) is 12.9. The summed E-state index contributed by atoms with van der Waals surface area (Å²) < 4.78 is 35.8. The Bertz CT molecular complexity index is 1110. The number of benzene rings is 2. The molecular weight excluding hydrogens is 583 g/mol. The van der Waals surface area contributed by atoms with Gasteiger partial charge >= 0.3 is 167 Å². The number of hydrogen-bond donors (Lipinski definition) is 3. The minimum Gasteiger partial charge on any atom is -0.462 e. The van der Waals surface area contributed by atoms with E-state index in [4.69, 9.17) is 14.7 Å². The van der Waals surface area contributed by atoms with Crippen LogP contribution < -0.4 is 14.6 Å². The van der Waals surface area contributed by atoms with E-state index < -0.39 is 20.1 Å². The molecule has 0 saturated heterocycles. The number of nitrogens with one attached hydrogen (secondary N) is 1. The Morgan fingerprint density at radius 2 is 1.62 bits per heavy atom. The second kappa shape index (κ2) is 19.2. The molecule has 0 aliphatic carbocycles. The fourth-order valence-corrected chi connectivity index (χ4v) is 5.31. The molecule has 2 amide bonds. The standard InChI is InChI=1S/C19H31AsN2O7.C9H10O2/c1-4-5-6-7-8-9-12-28-14-19(24)22(3)18-13-16(21-15(2)23)10-11-17(18)20(25,26)29-27;1-2-11-9(10)8-6-4-3-5-7-8/h10-11,13,27H,4-9,12,14H2,1-3H3,(H,21,23)(H,25,26);3-7H,2H2,1H3. The number of rotatable bonds is 15. The molecule has 0 bridgehead atoms. The molecule has 0 fully saturated rings. The van der Waals surface area contributed by atoms with E-state index in [9.17, 15) is 22.2 Å². The molecule has 3 N–H and O–H groups in total. The van der Waals surface area contributed by atoms with Crippen molar-refractivity contribution in [1.82, 2.24) is 0 Å². The molecule has 0 spiro atoms. The van der Waals surface area contributed by atoms with Crippen LogP contribution in [0.5, 0.6) is 0 Å². The zero-order valence-electron chi connectivity index (χ0n) is 23.6. The van der Waals surface area contributed by atoms with Gasteiger partial charge in [0.2, 0.25) is 0 Å². The average molecular weight is 625 g/mol. The normalized spacial score (nSPS) is 11.9. The maximum Gasteiger partial charge on any atom is 0.338 e. The van der Waals surface area contributed by atoms with E-state index in [1.54, 1.807) is 19.1 Å². The van der Waals surface area contributed by atoms with Crippen molar-refractivity contribution >= 4 is 47.7 Å². The van der Waals surface area contributed by atoms with E-state index >= 15 is 0 Å². The third-order valence-corrected chi connectivity index (χ3v) is 8.13. The number of esters is 1. The molecule has 1 atom stereocenters. The van der Waals surface area contributed by atoms with Crippen LogP contribution in [0.15, 0.2) is 48.5 Å². The molecule has 222 valence electrons. The number of carbonyl (C=O) groups is 3. The molecular formula is C28H41AsN2O9. The first-order valence-corrected chi connectivity index (χ1v) is 16.5. The van der Waals surface area contributed by atoms with Crippen molar-refractivity contribution in [2.75, 3.05) is 37.1 Å². The summed E-state index contributed by atoms with van der Waals surface area (Å²) in [5, 5.41) is 11.3. The number of anilines is 2. The topological polar surface area (TPSA) is 152 Å². The van der Waals surface area contributed by atoms with Crippen molar-refractivity contribution in [2.24, 2.45) is 0 Å². The summed E-state index contributed by atoms with van der Waals surface area (Å²) in [5.74, 6) is -1.03. The molecule has 0 aliphatic heterocycles. The number of amides is 2. The van der Waals surface area contributed by atoms with Crippen LogP contribution in [0.4, 0.5) is 11.4 Å². The SMILES string of the molecule is CCCCCCCCOCC(=O)N(C)c1cc(NC(C)=O)ccc1[As](=O)(O)OO.CCOC(=O)c1ccccc1. The largest absolute Gasteiger partial charge is 0.462 e. The molecule has 1 unspecified atom stereocenters. The van der Waals surface area contributed by atoms with Crippen LogP contribution in [0.3, 0.4) is 0 Å². The number of hydrogen-bond acceptors (Lipinski definition) is 8. The van der Waals surface area contributed by atoms with Crippen molar-refractivity contribution in [3.8, 4) is 0 Å². The van der Waals surface area contributed by atoms with E-state index in [0.29, 0.717) is 24.5 Å². The van der Waals surface area contributed by atoms with Gasteiger partial charge in [-0.25, -0.2) is 4.79 Å². The Kier molecular flexibility index (Phi) is 16.8. The van der Waals surface area contributed by atoms with Gasteiger partial charge in [-0.05, 0) is 19.1 Å². The van der Waals surface area contributed by atoms with E-state index in [-0.39, 0.29) is 28.5 Å². The van der Waals surface area contributed by atoms with Gasteiger partial charge in [0.1, 0.15) is 0 Å². The Balaban J connectivity index is 0.000000603. The van der Waals surface area contributed by atoms with Crippen LogP contribution in [0.1, 0.15) is 69.7 Å². The van der Waals surface area contributed by atoms with Crippen LogP contribution in [0, 0.1) is 0 Å². The molecule has 0 heterocycles. The summed E-state index contributed by atoms with van der Waals surface area (Å²) >= 11 is -5.25. The average Bonchev–Trinajstić information content (AvgIpc) is 2.94. The first-order valence-electron chi connectivity index (χ1n) is 13.2. The van der Waals surface area contributed by atoms with Gasteiger partial charge in [-0.15, -0.1) is 0 Å². The third-order valence-electron chi connectivity index (χ3n) is 5.60. The Morgan fingerprint density at radius 1 is 0.975 bits per heavy atom. The minimum absolute atomic E-state index is 0.0449. The molecule has 12 heteroatoms. The van der Waals surface area contributed by atoms with Gasteiger partial charge < -0.3 is 4.74 Å². The summed E-state index contributed by atoms with van der Waals surface area (Å²) in [6.45, 7) is 5.95. The van der Waals surface area contributed by atoms with Crippen LogP contribution in [0.25, 0.3) is 0 Å². The number of nitrogens with zero attached hydrogens (tertiary/aromatic N) is 1. The van der Waals surface area contributed by atoms with Gasteiger partial charge in [0, 0.05) is 0 Å². The van der Waals surface area contributed by atoms with Crippen LogP contribution in [0.2, 0.25) is 0 Å². The second-order valence-electron chi connectivity index (χ2n) is 8.85. The first-order chi connectivity index (χ1) is 19.1. The predicted molar refractivity (Wildman–Crippen MR) is 153 cm³/mol. The Hall–Kier alpha value is -2.95. The molecule has 0 saturated carbocycles. The molecule has 2 aromatic carbocycles. The monoisotopic (exact) mass is 624 g/mol. The quantitative estimate of drug-likeness (QED) is 0.0881. The molecule has 0 aromatic heterocycles.